The monoisotopic (exact) mass is 338 g/mol. The van der Waals surface area contributed by atoms with Crippen molar-refractivity contribution in [1.29, 1.82) is 0 Å². The number of carbonyl (C=O) groups excluding carboxylic acids is 1. The molecule has 0 aliphatic rings. The van der Waals surface area contributed by atoms with Gasteiger partial charge in [0.05, 0.1) is 7.11 Å². The Bertz CT molecular complexity index is 296. The molecular weight excluding hydrogens is 296 g/mol. The number of methoxy groups -OCH3 is 1. The Morgan fingerprint density at radius 1 is 0.875 bits per heavy atom. The molecule has 0 fully saturated rings. The molecule has 2 heteroatoms. The molecule has 142 valence electrons. The van der Waals surface area contributed by atoms with Crippen molar-refractivity contribution >= 4 is 5.97 Å². The average Bonchev–Trinajstić information content (AvgIpc) is 2.59. The van der Waals surface area contributed by atoms with Crippen LogP contribution in [0.25, 0.3) is 0 Å². The van der Waals surface area contributed by atoms with Gasteiger partial charge in [0.25, 0.3) is 0 Å². The highest BCUT2D eigenvalue weighted by Crippen LogP contribution is 2.15. The molecule has 0 aromatic heterocycles. The van der Waals surface area contributed by atoms with Crippen LogP contribution in [0.3, 0.4) is 0 Å². The van der Waals surface area contributed by atoms with Gasteiger partial charge in [0.15, 0.2) is 0 Å². The van der Waals surface area contributed by atoms with Gasteiger partial charge in [-0.3, -0.25) is 4.79 Å². The summed E-state index contributed by atoms with van der Waals surface area (Å²) in [5.41, 5.74) is 0. The third kappa shape index (κ3) is 17.6. The first kappa shape index (κ1) is 23.2. The first-order valence-electron chi connectivity index (χ1n) is 10.4. The van der Waals surface area contributed by atoms with Crippen molar-refractivity contribution in [3.63, 3.8) is 0 Å². The topological polar surface area (TPSA) is 26.3 Å². The van der Waals surface area contributed by atoms with Crippen LogP contribution in [0.4, 0.5) is 0 Å². The van der Waals surface area contributed by atoms with E-state index in [0.29, 0.717) is 6.42 Å². The third-order valence-corrected chi connectivity index (χ3v) is 4.71. The van der Waals surface area contributed by atoms with E-state index in [0.717, 1.165) is 18.8 Å². The Morgan fingerprint density at radius 3 is 2.04 bits per heavy atom. The Kier molecular flexibility index (Phi) is 17.9. The molecule has 0 radical (unpaired) electrons. The van der Waals surface area contributed by atoms with Gasteiger partial charge in [-0.1, -0.05) is 90.2 Å². The molecular formula is C22H42O2. The predicted octanol–water partition coefficient (Wildman–Crippen LogP) is 7.22. The first-order chi connectivity index (χ1) is 11.7. The quantitative estimate of drug-likeness (QED) is 0.159. The molecule has 0 aliphatic heterocycles. The van der Waals surface area contributed by atoms with Gasteiger partial charge in [-0.2, -0.15) is 0 Å². The van der Waals surface area contributed by atoms with Crippen LogP contribution in [0.15, 0.2) is 12.2 Å². The molecule has 0 N–H and O–H groups in total. The number of esters is 1. The summed E-state index contributed by atoms with van der Waals surface area (Å²) in [6.07, 6.45) is 23.6. The molecule has 0 aromatic carbocycles. The molecule has 0 aromatic rings. The standard InChI is InChI=1S/C22H42O2/c1-4-5-6-12-15-18-21(2)19-16-13-10-8-7-9-11-14-17-20-22(23)24-3/h15,18,21H,4-14,16-17,19-20H2,1-3H3. The van der Waals surface area contributed by atoms with Crippen molar-refractivity contribution in [2.75, 3.05) is 7.11 Å². The van der Waals surface area contributed by atoms with E-state index in [1.54, 1.807) is 0 Å². The average molecular weight is 339 g/mol. The summed E-state index contributed by atoms with van der Waals surface area (Å²) >= 11 is 0. The SMILES string of the molecule is CCCCCC=CC(C)CCCCCCCCCCCC(=O)OC. The van der Waals surface area contributed by atoms with Gasteiger partial charge in [0, 0.05) is 6.42 Å². The van der Waals surface area contributed by atoms with Gasteiger partial charge in [-0.15, -0.1) is 0 Å². The lowest BCUT2D eigenvalue weighted by atomic mass is 10.0. The van der Waals surface area contributed by atoms with Gasteiger partial charge in [-0.25, -0.2) is 0 Å². The summed E-state index contributed by atoms with van der Waals surface area (Å²) in [6.45, 7) is 4.61. The number of hydrogen-bond acceptors (Lipinski definition) is 2. The van der Waals surface area contributed by atoms with Crippen LogP contribution < -0.4 is 0 Å². The number of hydrogen-bond donors (Lipinski definition) is 0. The van der Waals surface area contributed by atoms with Crippen molar-refractivity contribution in [1.82, 2.24) is 0 Å². The van der Waals surface area contributed by atoms with Crippen LogP contribution in [-0.2, 0) is 9.53 Å². The molecule has 24 heavy (non-hydrogen) atoms. The normalized spacial score (nSPS) is 12.6. The van der Waals surface area contributed by atoms with E-state index in [4.69, 9.17) is 0 Å². The lowest BCUT2D eigenvalue weighted by Gasteiger charge is -2.06. The fraction of sp³-hybridized carbons (Fsp3) is 0.864. The maximum absolute atomic E-state index is 11.0. The summed E-state index contributed by atoms with van der Waals surface area (Å²) in [4.78, 5) is 11.0. The number of unbranched alkanes of at least 4 members (excludes halogenated alkanes) is 11. The summed E-state index contributed by atoms with van der Waals surface area (Å²) < 4.78 is 4.64. The second-order valence-electron chi connectivity index (χ2n) is 7.20. The highest BCUT2D eigenvalue weighted by Gasteiger charge is 2.00. The van der Waals surface area contributed by atoms with E-state index in [-0.39, 0.29) is 5.97 Å². The molecule has 2 nitrogen and oxygen atoms in total. The largest absolute Gasteiger partial charge is 0.469 e. The van der Waals surface area contributed by atoms with Gasteiger partial charge >= 0.3 is 5.97 Å². The minimum absolute atomic E-state index is 0.0694. The van der Waals surface area contributed by atoms with E-state index in [1.165, 1.54) is 84.2 Å². The zero-order valence-electron chi connectivity index (χ0n) is 16.7. The fourth-order valence-corrected chi connectivity index (χ4v) is 3.01. The third-order valence-electron chi connectivity index (χ3n) is 4.71. The van der Waals surface area contributed by atoms with Crippen LogP contribution in [0, 0.1) is 5.92 Å². The lowest BCUT2D eigenvalue weighted by Crippen LogP contribution is -1.99. The smallest absolute Gasteiger partial charge is 0.305 e. The summed E-state index contributed by atoms with van der Waals surface area (Å²) in [6, 6.07) is 0. The van der Waals surface area contributed by atoms with Crippen LogP contribution in [0.5, 0.6) is 0 Å². The van der Waals surface area contributed by atoms with E-state index in [9.17, 15) is 4.79 Å². The van der Waals surface area contributed by atoms with Crippen LogP contribution in [0.2, 0.25) is 0 Å². The molecule has 0 heterocycles. The second kappa shape index (κ2) is 18.5. The molecule has 0 spiro atoms. The Morgan fingerprint density at radius 2 is 1.46 bits per heavy atom. The van der Waals surface area contributed by atoms with E-state index >= 15 is 0 Å². The number of carbonyl (C=O) groups is 1. The van der Waals surface area contributed by atoms with E-state index in [1.807, 2.05) is 0 Å². The van der Waals surface area contributed by atoms with Crippen molar-refractivity contribution in [3.8, 4) is 0 Å². The van der Waals surface area contributed by atoms with Crippen molar-refractivity contribution in [2.45, 2.75) is 110 Å². The molecule has 1 unspecified atom stereocenters. The zero-order chi connectivity index (χ0) is 17.9. The van der Waals surface area contributed by atoms with Crippen LogP contribution in [0.1, 0.15) is 110 Å². The lowest BCUT2D eigenvalue weighted by molar-refractivity contribution is -0.140. The highest BCUT2D eigenvalue weighted by molar-refractivity contribution is 5.68. The van der Waals surface area contributed by atoms with E-state index in [2.05, 4.69) is 30.7 Å². The van der Waals surface area contributed by atoms with Crippen molar-refractivity contribution in [3.05, 3.63) is 12.2 Å². The Labute approximate surface area is 151 Å². The Balaban J connectivity index is 3.23. The highest BCUT2D eigenvalue weighted by atomic mass is 16.5. The van der Waals surface area contributed by atoms with E-state index < -0.39 is 0 Å². The fourth-order valence-electron chi connectivity index (χ4n) is 3.01. The maximum Gasteiger partial charge on any atom is 0.305 e. The van der Waals surface area contributed by atoms with Gasteiger partial charge < -0.3 is 4.74 Å². The van der Waals surface area contributed by atoms with Crippen LogP contribution >= 0.6 is 0 Å². The second-order valence-corrected chi connectivity index (χ2v) is 7.20. The molecule has 0 rings (SSSR count). The zero-order valence-corrected chi connectivity index (χ0v) is 16.7. The molecule has 1 atom stereocenters. The summed E-state index contributed by atoms with van der Waals surface area (Å²) in [7, 11) is 1.47. The van der Waals surface area contributed by atoms with Crippen molar-refractivity contribution in [2.24, 2.45) is 5.92 Å². The Hall–Kier alpha value is -0.790. The maximum atomic E-state index is 11.0. The number of allylic oxidation sites excluding steroid dienone is 2. The van der Waals surface area contributed by atoms with Gasteiger partial charge in [0.1, 0.15) is 0 Å². The predicted molar refractivity (Wildman–Crippen MR) is 105 cm³/mol. The summed E-state index contributed by atoms with van der Waals surface area (Å²) in [5, 5.41) is 0. The molecule has 0 saturated carbocycles. The minimum Gasteiger partial charge on any atom is -0.469 e. The molecule has 0 amide bonds. The minimum atomic E-state index is -0.0694. The van der Waals surface area contributed by atoms with Gasteiger partial charge in [0.2, 0.25) is 0 Å². The van der Waals surface area contributed by atoms with Gasteiger partial charge in [-0.05, 0) is 31.6 Å². The molecule has 0 bridgehead atoms. The van der Waals surface area contributed by atoms with Crippen molar-refractivity contribution < 1.29 is 9.53 Å². The molecule has 0 aliphatic carbocycles. The summed E-state index contributed by atoms with van der Waals surface area (Å²) in [5.74, 6) is 0.682. The number of ether oxygens (including phenoxy) is 1. The number of rotatable bonds is 17. The molecule has 0 saturated heterocycles. The first-order valence-corrected chi connectivity index (χ1v) is 10.4. The van der Waals surface area contributed by atoms with Crippen LogP contribution in [-0.4, -0.2) is 13.1 Å².